The molecule has 7 nitrogen and oxygen atoms in total. The molecule has 1 aliphatic carbocycles. The van der Waals surface area contributed by atoms with E-state index in [-0.39, 0.29) is 18.5 Å². The topological polar surface area (TPSA) is 94.8 Å². The number of nitrogens with one attached hydrogen (secondary N) is 3. The summed E-state index contributed by atoms with van der Waals surface area (Å²) in [4.78, 5) is 18.2. The second kappa shape index (κ2) is 13.2. The van der Waals surface area contributed by atoms with Crippen LogP contribution in [0.3, 0.4) is 0 Å². The van der Waals surface area contributed by atoms with Crippen molar-refractivity contribution < 1.29 is 18.0 Å². The number of nitrogens with zero attached hydrogens (tertiary/aromatic N) is 2. The van der Waals surface area contributed by atoms with Crippen LogP contribution < -0.4 is 21.9 Å². The van der Waals surface area contributed by atoms with Crippen molar-refractivity contribution in [1.82, 2.24) is 21.1 Å². The lowest BCUT2D eigenvalue weighted by molar-refractivity contribution is -0.137. The molecular formula is C22H33F3N6O. The van der Waals surface area contributed by atoms with Gasteiger partial charge in [0.2, 0.25) is 5.91 Å². The first kappa shape index (κ1) is 25.8. The van der Waals surface area contributed by atoms with E-state index in [1.165, 1.54) is 24.8 Å². The molecule has 2 rings (SSSR count). The van der Waals surface area contributed by atoms with E-state index in [4.69, 9.17) is 5.73 Å². The van der Waals surface area contributed by atoms with Crippen LogP contribution >= 0.6 is 0 Å². The predicted molar refractivity (Wildman–Crippen MR) is 121 cm³/mol. The fourth-order valence-electron chi connectivity index (χ4n) is 3.63. The Bertz CT molecular complexity index is 745. The molecule has 1 aromatic carbocycles. The maximum Gasteiger partial charge on any atom is 0.416 e. The van der Waals surface area contributed by atoms with Crippen molar-refractivity contribution in [3.8, 4) is 0 Å². The van der Waals surface area contributed by atoms with E-state index in [0.29, 0.717) is 37.4 Å². The molecule has 1 aliphatic rings. The third kappa shape index (κ3) is 8.97. The number of alkyl halides is 3. The molecule has 0 spiro atoms. The molecule has 5 N–H and O–H groups in total. The monoisotopic (exact) mass is 454 g/mol. The number of aliphatic imine (C=N–C) groups is 1. The number of hydrogen-bond acceptors (Lipinski definition) is 6. The highest BCUT2D eigenvalue weighted by Gasteiger charge is 2.30. The Morgan fingerprint density at radius 3 is 2.47 bits per heavy atom. The van der Waals surface area contributed by atoms with Crippen molar-refractivity contribution in [3.05, 3.63) is 41.6 Å². The molecule has 0 aromatic heterocycles. The molecule has 178 valence electrons. The zero-order valence-corrected chi connectivity index (χ0v) is 18.3. The SMILES string of the molecule is C=N/C(=C\NNCCN(CCN)CC(=O)NC1CCCCC1)c1ccc(C(F)(F)F)cc1. The second-order valence-electron chi connectivity index (χ2n) is 7.80. The summed E-state index contributed by atoms with van der Waals surface area (Å²) in [5.41, 5.74) is 11.7. The molecule has 0 radical (unpaired) electrons. The van der Waals surface area contributed by atoms with Crippen LogP contribution in [0.25, 0.3) is 5.70 Å². The lowest BCUT2D eigenvalue weighted by Crippen LogP contribution is -2.46. The van der Waals surface area contributed by atoms with Gasteiger partial charge < -0.3 is 16.5 Å². The number of rotatable bonds is 12. The zero-order chi connectivity index (χ0) is 23.4. The van der Waals surface area contributed by atoms with Gasteiger partial charge in [-0.2, -0.15) is 13.2 Å². The Morgan fingerprint density at radius 2 is 1.88 bits per heavy atom. The van der Waals surface area contributed by atoms with Crippen LogP contribution in [0.1, 0.15) is 43.2 Å². The van der Waals surface area contributed by atoms with Gasteiger partial charge in [-0.1, -0.05) is 31.4 Å². The fraction of sp³-hybridized carbons (Fsp3) is 0.545. The van der Waals surface area contributed by atoms with Gasteiger partial charge in [0.25, 0.3) is 0 Å². The van der Waals surface area contributed by atoms with Gasteiger partial charge in [-0.25, -0.2) is 5.43 Å². The first-order chi connectivity index (χ1) is 15.3. The minimum absolute atomic E-state index is 0.0126. The van der Waals surface area contributed by atoms with E-state index < -0.39 is 11.7 Å². The van der Waals surface area contributed by atoms with Crippen molar-refractivity contribution in [2.45, 2.75) is 44.3 Å². The number of carbonyl (C=O) groups is 1. The highest BCUT2D eigenvalue weighted by atomic mass is 19.4. The van der Waals surface area contributed by atoms with Gasteiger partial charge in [0.1, 0.15) is 0 Å². The molecule has 1 aromatic rings. The van der Waals surface area contributed by atoms with Gasteiger partial charge >= 0.3 is 6.18 Å². The van der Waals surface area contributed by atoms with Gasteiger partial charge in [-0.15, -0.1) is 0 Å². The predicted octanol–water partition coefficient (Wildman–Crippen LogP) is 2.51. The van der Waals surface area contributed by atoms with Crippen molar-refractivity contribution in [3.63, 3.8) is 0 Å². The van der Waals surface area contributed by atoms with Crippen LogP contribution in [0.15, 0.2) is 35.5 Å². The van der Waals surface area contributed by atoms with E-state index in [1.807, 2.05) is 4.90 Å². The molecule has 0 heterocycles. The molecule has 1 saturated carbocycles. The molecule has 0 saturated heterocycles. The maximum atomic E-state index is 12.7. The summed E-state index contributed by atoms with van der Waals surface area (Å²) in [5, 5.41) is 3.11. The Morgan fingerprint density at radius 1 is 1.19 bits per heavy atom. The first-order valence-electron chi connectivity index (χ1n) is 10.9. The molecule has 1 amide bonds. The van der Waals surface area contributed by atoms with Crippen molar-refractivity contribution >= 4 is 18.3 Å². The number of halogens is 3. The normalized spacial score (nSPS) is 15.6. The molecule has 10 heteroatoms. The summed E-state index contributed by atoms with van der Waals surface area (Å²) in [6, 6.07) is 4.98. The molecule has 0 aliphatic heterocycles. The molecule has 0 unspecified atom stereocenters. The standard InChI is InChI=1S/C22H33F3N6O/c1-27-20(17-7-9-18(10-8-17)22(23,24)25)15-29-28-12-14-31(13-11-26)16-21(32)30-19-5-3-2-4-6-19/h7-10,15,19,28-29H,1-6,11-14,16,26H2,(H,30,32)/b20-15-. The van der Waals surface area contributed by atoms with E-state index in [0.717, 1.165) is 37.8 Å². The minimum atomic E-state index is -4.38. The number of amides is 1. The third-order valence-electron chi connectivity index (χ3n) is 5.33. The third-order valence-corrected chi connectivity index (χ3v) is 5.33. The Balaban J connectivity index is 1.77. The first-order valence-corrected chi connectivity index (χ1v) is 10.9. The van der Waals surface area contributed by atoms with Crippen LogP contribution in [0.2, 0.25) is 0 Å². The number of hydrogen-bond donors (Lipinski definition) is 4. The lowest BCUT2D eigenvalue weighted by atomic mass is 9.95. The largest absolute Gasteiger partial charge is 0.416 e. The Hall–Kier alpha value is -2.43. The van der Waals surface area contributed by atoms with E-state index in [9.17, 15) is 18.0 Å². The molecule has 0 bridgehead atoms. The molecular weight excluding hydrogens is 421 g/mol. The zero-order valence-electron chi connectivity index (χ0n) is 18.3. The van der Waals surface area contributed by atoms with Crippen LogP contribution in [0.5, 0.6) is 0 Å². The second-order valence-corrected chi connectivity index (χ2v) is 7.80. The lowest BCUT2D eigenvalue weighted by Gasteiger charge is -2.26. The summed E-state index contributed by atoms with van der Waals surface area (Å²) in [6.07, 6.45) is 2.78. The van der Waals surface area contributed by atoms with Crippen LogP contribution in [0.4, 0.5) is 13.2 Å². The van der Waals surface area contributed by atoms with Crippen LogP contribution in [-0.2, 0) is 11.0 Å². The number of benzene rings is 1. The number of hydrazine groups is 1. The van der Waals surface area contributed by atoms with Crippen molar-refractivity contribution in [1.29, 1.82) is 0 Å². The highest BCUT2D eigenvalue weighted by Crippen LogP contribution is 2.30. The number of nitrogens with two attached hydrogens (primary N) is 1. The summed E-state index contributed by atoms with van der Waals surface area (Å²) in [6.45, 7) is 5.91. The van der Waals surface area contributed by atoms with Gasteiger partial charge in [0, 0.05) is 44.0 Å². The Kier molecular flexibility index (Phi) is 10.6. The summed E-state index contributed by atoms with van der Waals surface area (Å²) in [5.74, 6) is 0.0126. The van der Waals surface area contributed by atoms with E-state index in [1.54, 1.807) is 0 Å². The van der Waals surface area contributed by atoms with Crippen LogP contribution in [-0.4, -0.2) is 56.3 Å². The van der Waals surface area contributed by atoms with Gasteiger partial charge in [-0.05, 0) is 31.7 Å². The average Bonchev–Trinajstić information content (AvgIpc) is 2.76. The van der Waals surface area contributed by atoms with E-state index >= 15 is 0 Å². The highest BCUT2D eigenvalue weighted by molar-refractivity contribution is 5.78. The summed E-state index contributed by atoms with van der Waals surface area (Å²) >= 11 is 0. The van der Waals surface area contributed by atoms with Gasteiger partial charge in [0.15, 0.2) is 0 Å². The maximum absolute atomic E-state index is 12.7. The summed E-state index contributed by atoms with van der Waals surface area (Å²) < 4.78 is 38.1. The van der Waals surface area contributed by atoms with Gasteiger partial charge in [0.05, 0.1) is 17.8 Å². The quantitative estimate of drug-likeness (QED) is 0.221. The molecule has 0 atom stereocenters. The number of carbonyl (C=O) groups excluding carboxylic acids is 1. The van der Waals surface area contributed by atoms with Gasteiger partial charge in [-0.3, -0.25) is 14.7 Å². The smallest absolute Gasteiger partial charge is 0.352 e. The van der Waals surface area contributed by atoms with Crippen molar-refractivity contribution in [2.75, 3.05) is 32.7 Å². The summed E-state index contributed by atoms with van der Waals surface area (Å²) in [7, 11) is 0. The minimum Gasteiger partial charge on any atom is -0.352 e. The van der Waals surface area contributed by atoms with Crippen molar-refractivity contribution in [2.24, 2.45) is 10.7 Å². The fourth-order valence-corrected chi connectivity index (χ4v) is 3.63. The molecule has 1 fully saturated rings. The van der Waals surface area contributed by atoms with Crippen LogP contribution in [0, 0.1) is 0 Å². The molecule has 32 heavy (non-hydrogen) atoms. The average molecular weight is 455 g/mol. The Labute approximate surface area is 187 Å². The van der Waals surface area contributed by atoms with E-state index in [2.05, 4.69) is 27.9 Å².